The van der Waals surface area contributed by atoms with E-state index in [0.29, 0.717) is 0 Å². The molecule has 0 saturated carbocycles. The maximum atomic E-state index is 4.31. The molecule has 5 aromatic rings. The Balaban J connectivity index is 1.70. The predicted octanol–water partition coefficient (Wildman–Crippen LogP) is 4.10. The van der Waals surface area contributed by atoms with Gasteiger partial charge in [-0.15, -0.1) is 0 Å². The largest absolute Gasteiger partial charge is 0.309 e. The number of nitrogens with zero attached hydrogens (tertiary/aromatic N) is 2. The van der Waals surface area contributed by atoms with Gasteiger partial charge in [0.2, 0.25) is 0 Å². The number of para-hydroxylation sites is 2. The standard InChI is InChI=1S/C23H17BN2/c24-18-13-17(14-25-15-18)16-9-11-19(12-10-16)26-22-7-3-1-5-20(22)21-6-2-4-8-23(21)26/h1-15H,24H2. The Morgan fingerprint density at radius 3 is 1.88 bits per heavy atom. The first kappa shape index (κ1) is 15.0. The van der Waals surface area contributed by atoms with Gasteiger partial charge in [0.25, 0.3) is 0 Å². The second-order valence-electron chi connectivity index (χ2n) is 6.67. The molecule has 3 aromatic carbocycles. The zero-order valence-corrected chi connectivity index (χ0v) is 14.6. The third kappa shape index (κ3) is 2.32. The molecule has 0 bridgehead atoms. The fourth-order valence-electron chi connectivity index (χ4n) is 3.72. The molecule has 2 nitrogen and oxygen atoms in total. The van der Waals surface area contributed by atoms with Crippen LogP contribution in [0.5, 0.6) is 0 Å². The van der Waals surface area contributed by atoms with Crippen LogP contribution < -0.4 is 5.46 Å². The molecule has 0 N–H and O–H groups in total. The van der Waals surface area contributed by atoms with E-state index in [0.717, 1.165) is 5.56 Å². The highest BCUT2D eigenvalue weighted by Gasteiger charge is 2.11. The topological polar surface area (TPSA) is 17.8 Å². The minimum absolute atomic E-state index is 1.15. The van der Waals surface area contributed by atoms with E-state index in [1.807, 2.05) is 12.4 Å². The van der Waals surface area contributed by atoms with Crippen LogP contribution in [0.1, 0.15) is 0 Å². The van der Waals surface area contributed by atoms with Crippen molar-refractivity contribution >= 4 is 35.1 Å². The summed E-state index contributed by atoms with van der Waals surface area (Å²) in [6.07, 6.45) is 3.80. The lowest BCUT2D eigenvalue weighted by Gasteiger charge is -2.09. The molecule has 0 aliphatic rings. The van der Waals surface area contributed by atoms with Crippen molar-refractivity contribution in [3.05, 3.63) is 91.3 Å². The minimum Gasteiger partial charge on any atom is -0.309 e. The van der Waals surface area contributed by atoms with Gasteiger partial charge < -0.3 is 4.57 Å². The second kappa shape index (κ2) is 5.89. The molecule has 2 aromatic heterocycles. The van der Waals surface area contributed by atoms with Crippen LogP contribution in [-0.4, -0.2) is 17.4 Å². The number of aromatic nitrogens is 2. The molecule has 0 unspecified atom stereocenters. The molecule has 0 amide bonds. The van der Waals surface area contributed by atoms with Crippen LogP contribution in [0.3, 0.4) is 0 Å². The van der Waals surface area contributed by atoms with Crippen molar-refractivity contribution < 1.29 is 0 Å². The number of hydrogen-bond acceptors (Lipinski definition) is 1. The smallest absolute Gasteiger partial charge is 0.141 e. The SMILES string of the molecule is Bc1cncc(-c2ccc(-n3c4ccccc4c4ccccc43)cc2)c1. The van der Waals surface area contributed by atoms with Gasteiger partial charge in [0.1, 0.15) is 7.85 Å². The maximum Gasteiger partial charge on any atom is 0.141 e. The van der Waals surface area contributed by atoms with Crippen LogP contribution in [0.15, 0.2) is 91.3 Å². The molecule has 26 heavy (non-hydrogen) atoms. The average molecular weight is 332 g/mol. The Morgan fingerprint density at radius 2 is 1.27 bits per heavy atom. The second-order valence-corrected chi connectivity index (χ2v) is 6.67. The van der Waals surface area contributed by atoms with Crippen LogP contribution in [0.2, 0.25) is 0 Å². The van der Waals surface area contributed by atoms with Gasteiger partial charge >= 0.3 is 0 Å². The van der Waals surface area contributed by atoms with E-state index in [4.69, 9.17) is 0 Å². The Hall–Kier alpha value is -3.33. The molecule has 0 spiro atoms. The van der Waals surface area contributed by atoms with Gasteiger partial charge in [-0.05, 0) is 35.4 Å². The number of pyridine rings is 1. The first-order valence-electron chi connectivity index (χ1n) is 8.82. The summed E-state index contributed by atoms with van der Waals surface area (Å²) in [4.78, 5) is 4.31. The van der Waals surface area contributed by atoms with E-state index >= 15 is 0 Å². The maximum absolute atomic E-state index is 4.31. The number of benzene rings is 3. The fraction of sp³-hybridized carbons (Fsp3) is 0. The molecule has 0 aliphatic carbocycles. The summed E-state index contributed by atoms with van der Waals surface area (Å²) in [5, 5.41) is 2.57. The number of rotatable bonds is 2. The lowest BCUT2D eigenvalue weighted by Crippen LogP contribution is -2.02. The van der Waals surface area contributed by atoms with Gasteiger partial charge in [-0.25, -0.2) is 0 Å². The zero-order valence-electron chi connectivity index (χ0n) is 14.6. The van der Waals surface area contributed by atoms with Crippen molar-refractivity contribution in [2.75, 3.05) is 0 Å². The molecule has 122 valence electrons. The van der Waals surface area contributed by atoms with E-state index in [9.17, 15) is 0 Å². The van der Waals surface area contributed by atoms with Crippen molar-refractivity contribution in [3.8, 4) is 16.8 Å². The normalized spacial score (nSPS) is 11.2. The monoisotopic (exact) mass is 332 g/mol. The van der Waals surface area contributed by atoms with E-state index in [-0.39, 0.29) is 0 Å². The van der Waals surface area contributed by atoms with Crippen LogP contribution in [-0.2, 0) is 0 Å². The lowest BCUT2D eigenvalue weighted by atomic mass is 9.95. The Labute approximate surface area is 153 Å². The lowest BCUT2D eigenvalue weighted by molar-refractivity contribution is 1.18. The van der Waals surface area contributed by atoms with Crippen molar-refractivity contribution in [1.29, 1.82) is 0 Å². The first-order chi connectivity index (χ1) is 12.8. The molecule has 2 heterocycles. The summed E-state index contributed by atoms with van der Waals surface area (Å²) in [6, 6.07) is 28.1. The van der Waals surface area contributed by atoms with E-state index < -0.39 is 0 Å². The average Bonchev–Trinajstić information content (AvgIpc) is 3.03. The van der Waals surface area contributed by atoms with Crippen LogP contribution >= 0.6 is 0 Å². The van der Waals surface area contributed by atoms with Gasteiger partial charge in [0, 0.05) is 28.9 Å². The van der Waals surface area contributed by atoms with Crippen molar-refractivity contribution in [3.63, 3.8) is 0 Å². The molecular weight excluding hydrogens is 315 g/mol. The van der Waals surface area contributed by atoms with Gasteiger partial charge in [0.15, 0.2) is 0 Å². The van der Waals surface area contributed by atoms with Crippen molar-refractivity contribution in [2.45, 2.75) is 0 Å². The quantitative estimate of drug-likeness (QED) is 0.445. The molecule has 0 fully saturated rings. The van der Waals surface area contributed by atoms with Crippen molar-refractivity contribution in [1.82, 2.24) is 9.55 Å². The first-order valence-corrected chi connectivity index (χ1v) is 8.82. The number of hydrogen-bond donors (Lipinski definition) is 0. The summed E-state index contributed by atoms with van der Waals surface area (Å²) >= 11 is 0. The Bertz CT molecular complexity index is 1180. The summed E-state index contributed by atoms with van der Waals surface area (Å²) in [5.74, 6) is 0. The molecule has 0 radical (unpaired) electrons. The molecule has 0 saturated heterocycles. The van der Waals surface area contributed by atoms with Gasteiger partial charge in [-0.1, -0.05) is 60.1 Å². The molecule has 0 atom stereocenters. The van der Waals surface area contributed by atoms with Crippen LogP contribution in [0.25, 0.3) is 38.6 Å². The van der Waals surface area contributed by atoms with Crippen molar-refractivity contribution in [2.24, 2.45) is 0 Å². The summed E-state index contributed by atoms with van der Waals surface area (Å²) in [5.41, 5.74) is 7.16. The predicted molar refractivity (Wildman–Crippen MR) is 112 cm³/mol. The highest BCUT2D eigenvalue weighted by Crippen LogP contribution is 2.32. The van der Waals surface area contributed by atoms with Gasteiger partial charge in [-0.2, -0.15) is 0 Å². The van der Waals surface area contributed by atoms with Gasteiger partial charge in [-0.3, -0.25) is 4.98 Å². The highest BCUT2D eigenvalue weighted by atomic mass is 15.0. The summed E-state index contributed by atoms with van der Waals surface area (Å²) < 4.78 is 2.34. The Morgan fingerprint density at radius 1 is 0.654 bits per heavy atom. The highest BCUT2D eigenvalue weighted by molar-refractivity contribution is 6.32. The summed E-state index contributed by atoms with van der Waals surface area (Å²) in [6.45, 7) is 0. The zero-order chi connectivity index (χ0) is 17.5. The molecular formula is C23H17BN2. The minimum atomic E-state index is 1.15. The third-order valence-corrected chi connectivity index (χ3v) is 4.91. The fourth-order valence-corrected chi connectivity index (χ4v) is 3.72. The summed E-state index contributed by atoms with van der Waals surface area (Å²) in [7, 11) is 2.07. The third-order valence-electron chi connectivity index (χ3n) is 4.91. The molecule has 3 heteroatoms. The van der Waals surface area contributed by atoms with E-state index in [2.05, 4.69) is 96.3 Å². The van der Waals surface area contributed by atoms with Gasteiger partial charge in [0.05, 0.1) is 11.0 Å². The number of fused-ring (bicyclic) bond motifs is 3. The van der Waals surface area contributed by atoms with E-state index in [1.54, 1.807) is 0 Å². The molecule has 5 rings (SSSR count). The Kier molecular flexibility index (Phi) is 3.39. The van der Waals surface area contributed by atoms with Crippen LogP contribution in [0, 0.1) is 0 Å². The van der Waals surface area contributed by atoms with Crippen LogP contribution in [0.4, 0.5) is 0 Å². The van der Waals surface area contributed by atoms with E-state index in [1.165, 1.54) is 38.5 Å². The molecule has 0 aliphatic heterocycles.